The number of carboxylic acid groups (broad SMARTS) is 1. The lowest BCUT2D eigenvalue weighted by atomic mass is 9.82. The average molecular weight is 272 g/mol. The molecule has 0 aromatic rings. The predicted molar refractivity (Wildman–Crippen MR) is 76.1 cm³/mol. The number of urea groups is 1. The topological polar surface area (TPSA) is 69.6 Å². The fourth-order valence-electron chi connectivity index (χ4n) is 1.67. The monoisotopic (exact) mass is 272 g/mol. The molecule has 0 rings (SSSR count). The second-order valence-electron chi connectivity index (χ2n) is 6.19. The third-order valence-corrected chi connectivity index (χ3v) is 3.64. The van der Waals surface area contributed by atoms with Gasteiger partial charge in [-0.05, 0) is 25.2 Å². The standard InChI is InChI=1S/C14H28N2O3/c1-7-16(11(3)8-12(17)18)13(19)15-9-10(2)14(4,5)6/h10-11H,7-9H2,1-6H3,(H,15,19)(H,17,18). The molecule has 112 valence electrons. The second kappa shape index (κ2) is 7.36. The van der Waals surface area contributed by atoms with Crippen LogP contribution < -0.4 is 5.32 Å². The molecule has 2 atom stereocenters. The van der Waals surface area contributed by atoms with Gasteiger partial charge in [0.2, 0.25) is 0 Å². The number of rotatable bonds is 6. The van der Waals surface area contributed by atoms with Crippen molar-refractivity contribution >= 4 is 12.0 Å². The van der Waals surface area contributed by atoms with Crippen molar-refractivity contribution in [2.45, 2.75) is 54.0 Å². The fraction of sp³-hybridized carbons (Fsp3) is 0.857. The molecule has 2 unspecified atom stereocenters. The summed E-state index contributed by atoms with van der Waals surface area (Å²) in [5, 5.41) is 11.7. The molecule has 0 saturated carbocycles. The number of carboxylic acids is 1. The Morgan fingerprint density at radius 2 is 1.79 bits per heavy atom. The van der Waals surface area contributed by atoms with Gasteiger partial charge < -0.3 is 15.3 Å². The molecule has 5 nitrogen and oxygen atoms in total. The van der Waals surface area contributed by atoms with E-state index in [0.717, 1.165) is 0 Å². The van der Waals surface area contributed by atoms with Crippen LogP contribution in [0.15, 0.2) is 0 Å². The van der Waals surface area contributed by atoms with Crippen molar-refractivity contribution in [1.82, 2.24) is 10.2 Å². The summed E-state index contributed by atoms with van der Waals surface area (Å²) >= 11 is 0. The zero-order chi connectivity index (χ0) is 15.2. The zero-order valence-electron chi connectivity index (χ0n) is 13.0. The maximum atomic E-state index is 12.1. The first-order valence-corrected chi connectivity index (χ1v) is 6.85. The highest BCUT2D eigenvalue weighted by molar-refractivity contribution is 5.75. The van der Waals surface area contributed by atoms with E-state index in [2.05, 4.69) is 33.0 Å². The smallest absolute Gasteiger partial charge is 0.317 e. The molecule has 0 heterocycles. The summed E-state index contributed by atoms with van der Waals surface area (Å²) in [6.07, 6.45) is -0.0317. The van der Waals surface area contributed by atoms with Crippen LogP contribution in [0.1, 0.15) is 48.0 Å². The van der Waals surface area contributed by atoms with Crippen LogP contribution in [-0.4, -0.2) is 41.1 Å². The predicted octanol–water partition coefficient (Wildman–Crippen LogP) is 2.56. The van der Waals surface area contributed by atoms with Crippen molar-refractivity contribution in [1.29, 1.82) is 0 Å². The van der Waals surface area contributed by atoms with E-state index in [0.29, 0.717) is 19.0 Å². The van der Waals surface area contributed by atoms with Gasteiger partial charge in [0.1, 0.15) is 0 Å². The van der Waals surface area contributed by atoms with E-state index in [4.69, 9.17) is 5.11 Å². The lowest BCUT2D eigenvalue weighted by Crippen LogP contribution is -2.47. The van der Waals surface area contributed by atoms with E-state index < -0.39 is 5.97 Å². The highest BCUT2D eigenvalue weighted by Gasteiger charge is 2.24. The summed E-state index contributed by atoms with van der Waals surface area (Å²) in [6, 6.07) is -0.486. The van der Waals surface area contributed by atoms with Gasteiger partial charge in [0.05, 0.1) is 6.42 Å². The maximum absolute atomic E-state index is 12.1. The lowest BCUT2D eigenvalue weighted by Gasteiger charge is -2.31. The number of carbonyl (C=O) groups excluding carboxylic acids is 1. The van der Waals surface area contributed by atoms with Gasteiger partial charge in [-0.1, -0.05) is 27.7 Å². The van der Waals surface area contributed by atoms with E-state index in [1.54, 1.807) is 11.8 Å². The van der Waals surface area contributed by atoms with E-state index in [-0.39, 0.29) is 23.9 Å². The molecule has 0 radical (unpaired) electrons. The van der Waals surface area contributed by atoms with E-state index in [1.807, 2.05) is 6.92 Å². The lowest BCUT2D eigenvalue weighted by molar-refractivity contribution is -0.138. The Morgan fingerprint density at radius 3 is 2.16 bits per heavy atom. The molecule has 0 aromatic heterocycles. The first-order chi connectivity index (χ1) is 8.59. The van der Waals surface area contributed by atoms with Crippen molar-refractivity contribution < 1.29 is 14.7 Å². The van der Waals surface area contributed by atoms with Crippen molar-refractivity contribution in [3.05, 3.63) is 0 Å². The minimum Gasteiger partial charge on any atom is -0.481 e. The van der Waals surface area contributed by atoms with Crippen molar-refractivity contribution in [2.24, 2.45) is 11.3 Å². The molecule has 19 heavy (non-hydrogen) atoms. The molecule has 0 aliphatic rings. The number of nitrogens with one attached hydrogen (secondary N) is 1. The van der Waals surface area contributed by atoms with Crippen LogP contribution in [0.25, 0.3) is 0 Å². The van der Waals surface area contributed by atoms with Crippen LogP contribution in [0.2, 0.25) is 0 Å². The molecule has 0 fully saturated rings. The maximum Gasteiger partial charge on any atom is 0.317 e. The molecular weight excluding hydrogens is 244 g/mol. The summed E-state index contributed by atoms with van der Waals surface area (Å²) in [5.74, 6) is -0.535. The summed E-state index contributed by atoms with van der Waals surface area (Å²) in [7, 11) is 0. The molecule has 2 N–H and O–H groups in total. The van der Waals surface area contributed by atoms with Crippen molar-refractivity contribution in [3.8, 4) is 0 Å². The van der Waals surface area contributed by atoms with Crippen molar-refractivity contribution in [3.63, 3.8) is 0 Å². The van der Waals surface area contributed by atoms with E-state index in [9.17, 15) is 9.59 Å². The third kappa shape index (κ3) is 6.45. The Morgan fingerprint density at radius 1 is 1.26 bits per heavy atom. The van der Waals surface area contributed by atoms with Gasteiger partial charge >= 0.3 is 12.0 Å². The highest BCUT2D eigenvalue weighted by atomic mass is 16.4. The number of hydrogen-bond donors (Lipinski definition) is 2. The number of aliphatic carboxylic acids is 1. The minimum absolute atomic E-state index is 0.0317. The molecule has 5 heteroatoms. The van der Waals surface area contributed by atoms with Crippen LogP contribution in [0.5, 0.6) is 0 Å². The quantitative estimate of drug-likeness (QED) is 0.780. The highest BCUT2D eigenvalue weighted by Crippen LogP contribution is 2.24. The minimum atomic E-state index is -0.887. The van der Waals surface area contributed by atoms with E-state index in [1.165, 1.54) is 0 Å². The molecule has 0 spiro atoms. The first-order valence-electron chi connectivity index (χ1n) is 6.85. The number of nitrogens with zero attached hydrogens (tertiary/aromatic N) is 1. The Bertz CT molecular complexity index is 310. The van der Waals surface area contributed by atoms with Gasteiger partial charge in [-0.15, -0.1) is 0 Å². The van der Waals surface area contributed by atoms with E-state index >= 15 is 0 Å². The summed E-state index contributed by atoms with van der Waals surface area (Å²) in [6.45, 7) is 13.2. The number of amides is 2. The molecule has 0 saturated heterocycles. The summed E-state index contributed by atoms with van der Waals surface area (Å²) in [4.78, 5) is 24.3. The Kier molecular flexibility index (Phi) is 6.87. The van der Waals surface area contributed by atoms with Crippen LogP contribution >= 0.6 is 0 Å². The van der Waals surface area contributed by atoms with Crippen LogP contribution in [0.4, 0.5) is 4.79 Å². The van der Waals surface area contributed by atoms with Gasteiger partial charge in [-0.3, -0.25) is 4.79 Å². The van der Waals surface area contributed by atoms with Gasteiger partial charge in [0.15, 0.2) is 0 Å². The summed E-state index contributed by atoms with van der Waals surface area (Å²) in [5.41, 5.74) is 0.136. The molecule has 2 amide bonds. The van der Waals surface area contributed by atoms with Gasteiger partial charge in [-0.2, -0.15) is 0 Å². The number of hydrogen-bond acceptors (Lipinski definition) is 2. The van der Waals surface area contributed by atoms with Crippen LogP contribution in [0.3, 0.4) is 0 Å². The third-order valence-electron chi connectivity index (χ3n) is 3.64. The fourth-order valence-corrected chi connectivity index (χ4v) is 1.67. The first kappa shape index (κ1) is 17.7. The van der Waals surface area contributed by atoms with Gasteiger partial charge in [-0.25, -0.2) is 4.79 Å². The number of carbonyl (C=O) groups is 2. The average Bonchev–Trinajstić information content (AvgIpc) is 2.24. The molecule has 0 aromatic carbocycles. The zero-order valence-corrected chi connectivity index (χ0v) is 13.0. The van der Waals surface area contributed by atoms with Crippen molar-refractivity contribution in [2.75, 3.05) is 13.1 Å². The molecular formula is C14H28N2O3. The van der Waals surface area contributed by atoms with Crippen LogP contribution in [-0.2, 0) is 4.79 Å². The molecule has 0 aliphatic heterocycles. The molecule has 0 bridgehead atoms. The summed E-state index contributed by atoms with van der Waals surface area (Å²) < 4.78 is 0. The Balaban J connectivity index is 4.41. The SMILES string of the molecule is CCN(C(=O)NCC(C)C(C)(C)C)C(C)CC(=O)O. The van der Waals surface area contributed by atoms with Gasteiger partial charge in [0.25, 0.3) is 0 Å². The normalized spacial score (nSPS) is 14.6. The Labute approximate surface area is 116 Å². The Hall–Kier alpha value is -1.26. The second-order valence-corrected chi connectivity index (χ2v) is 6.19. The molecule has 0 aliphatic carbocycles. The van der Waals surface area contributed by atoms with Gasteiger partial charge in [0, 0.05) is 19.1 Å². The van der Waals surface area contributed by atoms with Crippen LogP contribution in [0, 0.1) is 11.3 Å². The largest absolute Gasteiger partial charge is 0.481 e.